The lowest BCUT2D eigenvalue weighted by Gasteiger charge is -2.21. The quantitative estimate of drug-likeness (QED) is 0.102. The topological polar surface area (TPSA) is 166 Å². The number of ether oxygens (including phenoxy) is 7. The van der Waals surface area contributed by atoms with Crippen LogP contribution >= 0.6 is 0 Å². The summed E-state index contributed by atoms with van der Waals surface area (Å²) in [6.07, 6.45) is -0.791. The van der Waals surface area contributed by atoms with E-state index < -0.39 is 29.6 Å². The Labute approximate surface area is 294 Å². The minimum absolute atomic E-state index is 0.0822. The first-order chi connectivity index (χ1) is 24.1. The van der Waals surface area contributed by atoms with E-state index in [0.717, 1.165) is 27.6 Å². The Bertz CT molecular complexity index is 1480. The molecule has 274 valence electrons. The van der Waals surface area contributed by atoms with Crippen molar-refractivity contribution in [1.29, 1.82) is 0 Å². The van der Waals surface area contributed by atoms with Gasteiger partial charge in [0.05, 0.1) is 72.4 Å². The molecule has 0 aliphatic rings. The van der Waals surface area contributed by atoms with Gasteiger partial charge in [0.1, 0.15) is 24.5 Å². The van der Waals surface area contributed by atoms with Crippen molar-refractivity contribution in [2.24, 2.45) is 5.73 Å². The Kier molecular flexibility index (Phi) is 17.5. The molecule has 0 saturated carbocycles. The van der Waals surface area contributed by atoms with Crippen LogP contribution < -0.4 is 21.1 Å². The molecule has 0 spiro atoms. The number of hydrogen-bond acceptors (Lipinski definition) is 11. The van der Waals surface area contributed by atoms with E-state index in [9.17, 15) is 14.4 Å². The molecule has 3 aromatic carbocycles. The highest BCUT2D eigenvalue weighted by atomic mass is 16.6. The summed E-state index contributed by atoms with van der Waals surface area (Å²) in [4.78, 5) is 36.8. The summed E-state index contributed by atoms with van der Waals surface area (Å²) in [5.74, 6) is -0.215. The largest absolute Gasteiger partial charge is 0.491 e. The zero-order chi connectivity index (χ0) is 36.2. The SMILES string of the molecule is COC(=O)C[C@H](NC(=O)CNC(=O)OC(C)(C)C)c1ccc(-c2ccc(OCCOCCOCCOCCOCCN)c3ccccc23)cc1. The zero-order valence-corrected chi connectivity index (χ0v) is 29.5. The summed E-state index contributed by atoms with van der Waals surface area (Å²) in [7, 11) is 1.29. The van der Waals surface area contributed by atoms with E-state index in [-0.39, 0.29) is 13.0 Å². The molecule has 3 rings (SSSR count). The van der Waals surface area contributed by atoms with Crippen LogP contribution in [0.15, 0.2) is 60.7 Å². The third-order valence-corrected chi connectivity index (χ3v) is 7.10. The second-order valence-electron chi connectivity index (χ2n) is 12.1. The van der Waals surface area contributed by atoms with Crippen molar-refractivity contribution in [3.8, 4) is 16.9 Å². The Balaban J connectivity index is 1.54. The van der Waals surface area contributed by atoms with Crippen LogP contribution in [-0.2, 0) is 38.0 Å². The number of amides is 2. The van der Waals surface area contributed by atoms with E-state index >= 15 is 0 Å². The van der Waals surface area contributed by atoms with Crippen LogP contribution in [0.4, 0.5) is 4.79 Å². The molecule has 2 amide bonds. The van der Waals surface area contributed by atoms with Crippen molar-refractivity contribution in [3.63, 3.8) is 0 Å². The molecule has 1 atom stereocenters. The van der Waals surface area contributed by atoms with Gasteiger partial charge >= 0.3 is 12.1 Å². The van der Waals surface area contributed by atoms with Crippen molar-refractivity contribution >= 4 is 28.7 Å². The van der Waals surface area contributed by atoms with Gasteiger partial charge in [-0.2, -0.15) is 0 Å². The fourth-order valence-electron chi connectivity index (χ4n) is 4.81. The molecular formula is C37H51N3O10. The number of esters is 1. The predicted molar refractivity (Wildman–Crippen MR) is 189 cm³/mol. The van der Waals surface area contributed by atoms with Crippen LogP contribution in [0.5, 0.6) is 5.75 Å². The summed E-state index contributed by atoms with van der Waals surface area (Å²) >= 11 is 0. The van der Waals surface area contributed by atoms with E-state index in [4.69, 9.17) is 38.9 Å². The van der Waals surface area contributed by atoms with Crippen LogP contribution in [0.2, 0.25) is 0 Å². The Morgan fingerprint density at radius 1 is 0.740 bits per heavy atom. The molecule has 0 saturated heterocycles. The van der Waals surface area contributed by atoms with Gasteiger partial charge in [-0.15, -0.1) is 0 Å². The van der Waals surface area contributed by atoms with Gasteiger partial charge in [-0.1, -0.05) is 54.6 Å². The lowest BCUT2D eigenvalue weighted by Crippen LogP contribution is -2.41. The molecule has 0 bridgehead atoms. The maximum absolute atomic E-state index is 12.7. The lowest BCUT2D eigenvalue weighted by molar-refractivity contribution is -0.141. The number of methoxy groups -OCH3 is 1. The summed E-state index contributed by atoms with van der Waals surface area (Å²) in [5.41, 5.74) is 7.31. The smallest absolute Gasteiger partial charge is 0.408 e. The summed E-state index contributed by atoms with van der Waals surface area (Å²) in [6.45, 7) is 9.63. The number of hydrogen-bond donors (Lipinski definition) is 3. The number of carbonyl (C=O) groups excluding carboxylic acids is 3. The van der Waals surface area contributed by atoms with Gasteiger partial charge in [0.15, 0.2) is 0 Å². The number of carbonyl (C=O) groups is 3. The van der Waals surface area contributed by atoms with Crippen molar-refractivity contribution < 1.29 is 47.5 Å². The van der Waals surface area contributed by atoms with Gasteiger partial charge in [0.2, 0.25) is 5.91 Å². The van der Waals surface area contributed by atoms with Gasteiger partial charge in [-0.3, -0.25) is 9.59 Å². The molecule has 3 aromatic rings. The number of nitrogens with one attached hydrogen (secondary N) is 2. The number of fused-ring (bicyclic) bond motifs is 1. The van der Waals surface area contributed by atoms with Crippen molar-refractivity contribution in [2.45, 2.75) is 38.8 Å². The molecular weight excluding hydrogens is 646 g/mol. The maximum atomic E-state index is 12.7. The van der Waals surface area contributed by atoms with E-state index in [1.807, 2.05) is 60.7 Å². The van der Waals surface area contributed by atoms with Crippen LogP contribution in [0, 0.1) is 0 Å². The highest BCUT2D eigenvalue weighted by Gasteiger charge is 2.21. The van der Waals surface area contributed by atoms with Crippen LogP contribution in [0.1, 0.15) is 38.8 Å². The number of alkyl carbamates (subject to hydrolysis) is 1. The van der Waals surface area contributed by atoms with E-state index in [1.54, 1.807) is 20.8 Å². The van der Waals surface area contributed by atoms with Gasteiger partial charge in [-0.05, 0) is 48.9 Å². The molecule has 0 aliphatic carbocycles. The molecule has 13 heteroatoms. The van der Waals surface area contributed by atoms with Crippen LogP contribution in [0.25, 0.3) is 21.9 Å². The fourth-order valence-corrected chi connectivity index (χ4v) is 4.81. The minimum Gasteiger partial charge on any atom is -0.491 e. The average molecular weight is 698 g/mol. The molecule has 0 aliphatic heterocycles. The zero-order valence-electron chi connectivity index (χ0n) is 29.5. The third kappa shape index (κ3) is 14.7. The first-order valence-corrected chi connectivity index (χ1v) is 16.7. The lowest BCUT2D eigenvalue weighted by atomic mass is 9.95. The average Bonchev–Trinajstić information content (AvgIpc) is 3.10. The van der Waals surface area contributed by atoms with Crippen molar-refractivity contribution in [2.75, 3.05) is 79.7 Å². The number of benzene rings is 3. The van der Waals surface area contributed by atoms with Crippen molar-refractivity contribution in [1.82, 2.24) is 10.6 Å². The second-order valence-corrected chi connectivity index (χ2v) is 12.1. The van der Waals surface area contributed by atoms with Gasteiger partial charge in [0.25, 0.3) is 0 Å². The normalized spacial score (nSPS) is 11.9. The maximum Gasteiger partial charge on any atom is 0.408 e. The molecule has 0 unspecified atom stereocenters. The second kappa shape index (κ2) is 21.7. The Hall–Kier alpha value is -4.27. The summed E-state index contributed by atoms with van der Waals surface area (Å²) in [5, 5.41) is 7.21. The fraction of sp³-hybridized carbons (Fsp3) is 0.486. The standard InChI is InChI=1S/C37H51N3O10/c1-37(2,3)50-36(43)39-26-34(41)40-32(25-35(42)44-4)28-11-9-27(10-12-28)29-13-14-33(31-8-6-5-7-30(29)31)49-24-23-48-22-21-47-20-19-46-18-17-45-16-15-38/h5-14,32H,15-26,38H2,1-4H3,(H,39,43)(H,40,41)/t32-/m0/s1. The number of nitrogens with two attached hydrogens (primary N) is 1. The highest BCUT2D eigenvalue weighted by molar-refractivity contribution is 6.00. The van der Waals surface area contributed by atoms with Crippen molar-refractivity contribution in [3.05, 3.63) is 66.2 Å². The van der Waals surface area contributed by atoms with Gasteiger partial charge < -0.3 is 49.5 Å². The van der Waals surface area contributed by atoms with Gasteiger partial charge in [0, 0.05) is 11.9 Å². The molecule has 13 nitrogen and oxygen atoms in total. The van der Waals surface area contributed by atoms with E-state index in [0.29, 0.717) is 71.6 Å². The monoisotopic (exact) mass is 697 g/mol. The summed E-state index contributed by atoms with van der Waals surface area (Å²) < 4.78 is 38.0. The minimum atomic E-state index is -0.709. The Morgan fingerprint density at radius 2 is 1.32 bits per heavy atom. The molecule has 0 fully saturated rings. The van der Waals surface area contributed by atoms with Gasteiger partial charge in [-0.25, -0.2) is 4.79 Å². The van der Waals surface area contributed by atoms with E-state index in [1.165, 1.54) is 7.11 Å². The molecule has 4 N–H and O–H groups in total. The van der Waals surface area contributed by atoms with Crippen LogP contribution in [0.3, 0.4) is 0 Å². The third-order valence-electron chi connectivity index (χ3n) is 7.10. The molecule has 0 heterocycles. The first kappa shape index (κ1) is 40.2. The molecule has 0 radical (unpaired) electrons. The Morgan fingerprint density at radius 3 is 1.90 bits per heavy atom. The van der Waals surface area contributed by atoms with E-state index in [2.05, 4.69) is 10.6 Å². The highest BCUT2D eigenvalue weighted by Crippen LogP contribution is 2.35. The predicted octanol–water partition coefficient (Wildman–Crippen LogP) is 4.16. The summed E-state index contributed by atoms with van der Waals surface area (Å²) in [6, 6.07) is 18.8. The van der Waals surface area contributed by atoms with Crippen LogP contribution in [-0.4, -0.2) is 103 Å². The number of rotatable bonds is 22. The first-order valence-electron chi connectivity index (χ1n) is 16.7. The molecule has 0 aromatic heterocycles. The molecule has 50 heavy (non-hydrogen) atoms.